The van der Waals surface area contributed by atoms with Crippen LogP contribution in [0.3, 0.4) is 0 Å². The van der Waals surface area contributed by atoms with Crippen molar-refractivity contribution in [1.82, 2.24) is 4.98 Å². The van der Waals surface area contributed by atoms with Gasteiger partial charge in [0.1, 0.15) is 11.4 Å². The third-order valence-electron chi connectivity index (χ3n) is 1.94. The van der Waals surface area contributed by atoms with E-state index in [9.17, 15) is 13.6 Å². The largest absolute Gasteiger partial charge is 0.477 e. The van der Waals surface area contributed by atoms with Crippen LogP contribution >= 0.6 is 11.6 Å². The number of hydrogen-bond donors (Lipinski definition) is 1. The van der Waals surface area contributed by atoms with Crippen LogP contribution in [0, 0.1) is 6.92 Å². The molecule has 0 aromatic carbocycles. The van der Waals surface area contributed by atoms with Crippen LogP contribution in [0.1, 0.15) is 33.7 Å². The predicted octanol–water partition coefficient (Wildman–Crippen LogP) is 2.76. The van der Waals surface area contributed by atoms with Crippen LogP contribution in [0.25, 0.3) is 0 Å². The summed E-state index contributed by atoms with van der Waals surface area (Å²) in [6.45, 7) is 1.53. The zero-order valence-electron chi connectivity index (χ0n) is 7.80. The Bertz CT molecular complexity index is 396. The zero-order valence-corrected chi connectivity index (χ0v) is 8.55. The van der Waals surface area contributed by atoms with E-state index in [1.54, 1.807) is 0 Å². The fourth-order valence-electron chi connectivity index (χ4n) is 1.19. The number of carboxylic acids is 1. The highest BCUT2D eigenvalue weighted by Crippen LogP contribution is 2.25. The Morgan fingerprint density at radius 1 is 1.67 bits per heavy atom. The number of pyridine rings is 1. The summed E-state index contributed by atoms with van der Waals surface area (Å²) in [5, 5.41) is 8.64. The van der Waals surface area contributed by atoms with Crippen LogP contribution < -0.4 is 0 Å². The molecule has 3 nitrogen and oxygen atoms in total. The lowest BCUT2D eigenvalue weighted by Crippen LogP contribution is -2.08. The number of carboxylic acid groups (broad SMARTS) is 1. The number of aromatic nitrogens is 1. The van der Waals surface area contributed by atoms with Crippen molar-refractivity contribution in [1.29, 1.82) is 0 Å². The molecule has 1 heterocycles. The van der Waals surface area contributed by atoms with E-state index in [1.165, 1.54) is 13.0 Å². The number of alkyl halides is 3. The molecule has 0 saturated heterocycles. The molecule has 0 amide bonds. The first-order valence-electron chi connectivity index (χ1n) is 4.05. The van der Waals surface area contributed by atoms with Gasteiger partial charge in [-0.2, -0.15) is 0 Å². The number of carbonyl (C=O) groups is 1. The lowest BCUT2D eigenvalue weighted by molar-refractivity contribution is 0.0688. The third kappa shape index (κ3) is 2.41. The molecule has 1 rings (SSSR count). The maximum atomic E-state index is 12.5. The summed E-state index contributed by atoms with van der Waals surface area (Å²) in [6.07, 6.45) is -2.82. The van der Waals surface area contributed by atoms with E-state index < -0.39 is 23.8 Å². The Hall–Kier alpha value is -1.23. The number of rotatable bonds is 3. The van der Waals surface area contributed by atoms with Gasteiger partial charge in [0, 0.05) is 5.88 Å². The summed E-state index contributed by atoms with van der Waals surface area (Å²) in [6, 6.07) is 1.23. The molecule has 1 aromatic heterocycles. The summed E-state index contributed by atoms with van der Waals surface area (Å²) >= 11 is 5.49. The molecule has 0 spiro atoms. The van der Waals surface area contributed by atoms with Crippen molar-refractivity contribution in [3.63, 3.8) is 0 Å². The fourth-order valence-corrected chi connectivity index (χ4v) is 1.54. The van der Waals surface area contributed by atoms with E-state index in [2.05, 4.69) is 4.98 Å². The molecular formula is C9H8ClF2NO2. The summed E-state index contributed by atoms with van der Waals surface area (Å²) in [7, 11) is 0. The number of aromatic carboxylic acids is 1. The number of nitrogens with zero attached hydrogens (tertiary/aromatic N) is 1. The van der Waals surface area contributed by atoms with Gasteiger partial charge in [-0.1, -0.05) is 0 Å². The van der Waals surface area contributed by atoms with Crippen LogP contribution in [-0.2, 0) is 5.88 Å². The van der Waals surface area contributed by atoms with Crippen LogP contribution in [-0.4, -0.2) is 16.1 Å². The smallest absolute Gasteiger partial charge is 0.354 e. The molecule has 0 radical (unpaired) electrons. The van der Waals surface area contributed by atoms with Crippen molar-refractivity contribution in [2.75, 3.05) is 0 Å². The van der Waals surface area contributed by atoms with Gasteiger partial charge in [-0.15, -0.1) is 11.6 Å². The average molecular weight is 236 g/mol. The van der Waals surface area contributed by atoms with Crippen molar-refractivity contribution in [3.05, 3.63) is 28.6 Å². The molecule has 0 saturated carbocycles. The molecule has 82 valence electrons. The Morgan fingerprint density at radius 2 is 2.27 bits per heavy atom. The third-order valence-corrected chi connectivity index (χ3v) is 2.21. The minimum atomic E-state index is -2.82. The lowest BCUT2D eigenvalue weighted by atomic mass is 10.1. The molecule has 0 unspecified atom stereocenters. The summed E-state index contributed by atoms with van der Waals surface area (Å²) in [4.78, 5) is 14.0. The Morgan fingerprint density at radius 3 is 2.67 bits per heavy atom. The van der Waals surface area contributed by atoms with Gasteiger partial charge in [0.2, 0.25) is 0 Å². The minimum Gasteiger partial charge on any atom is -0.477 e. The van der Waals surface area contributed by atoms with Crippen LogP contribution in [0.15, 0.2) is 6.07 Å². The van der Waals surface area contributed by atoms with Crippen molar-refractivity contribution in [3.8, 4) is 0 Å². The van der Waals surface area contributed by atoms with Gasteiger partial charge in [-0.05, 0) is 24.1 Å². The van der Waals surface area contributed by atoms with Crippen molar-refractivity contribution in [2.45, 2.75) is 19.2 Å². The second kappa shape index (κ2) is 4.53. The van der Waals surface area contributed by atoms with E-state index in [0.717, 1.165) is 0 Å². The molecule has 0 aliphatic rings. The molecule has 0 aliphatic carbocycles. The number of halogens is 3. The number of hydrogen-bond acceptors (Lipinski definition) is 2. The first-order valence-corrected chi connectivity index (χ1v) is 4.58. The highest BCUT2D eigenvalue weighted by atomic mass is 35.5. The molecule has 0 fully saturated rings. The maximum Gasteiger partial charge on any atom is 0.354 e. The van der Waals surface area contributed by atoms with Gasteiger partial charge in [-0.25, -0.2) is 18.6 Å². The quantitative estimate of drug-likeness (QED) is 0.820. The summed E-state index contributed by atoms with van der Waals surface area (Å²) in [5.74, 6) is -1.44. The highest BCUT2D eigenvalue weighted by molar-refractivity contribution is 6.17. The van der Waals surface area contributed by atoms with Gasteiger partial charge < -0.3 is 5.11 Å². The minimum absolute atomic E-state index is 0.113. The zero-order chi connectivity index (χ0) is 11.6. The van der Waals surface area contributed by atoms with E-state index in [0.29, 0.717) is 5.56 Å². The topological polar surface area (TPSA) is 50.2 Å². The van der Waals surface area contributed by atoms with Gasteiger partial charge in [0.25, 0.3) is 6.43 Å². The van der Waals surface area contributed by atoms with Gasteiger partial charge in [0.15, 0.2) is 0 Å². The van der Waals surface area contributed by atoms with Gasteiger partial charge >= 0.3 is 5.97 Å². The summed E-state index contributed by atoms with van der Waals surface area (Å²) in [5.41, 5.74) is -0.344. The van der Waals surface area contributed by atoms with Crippen LogP contribution in [0.5, 0.6) is 0 Å². The monoisotopic (exact) mass is 235 g/mol. The average Bonchev–Trinajstić information content (AvgIpc) is 2.16. The van der Waals surface area contributed by atoms with Crippen molar-refractivity contribution >= 4 is 17.6 Å². The van der Waals surface area contributed by atoms with Crippen LogP contribution in [0.2, 0.25) is 0 Å². The molecule has 0 bridgehead atoms. The standard InChI is InChI=1S/C9H8ClF2NO2/c1-4-2-6(9(14)15)13-7(8(11)12)5(4)3-10/h2,8H,3H2,1H3,(H,14,15). The molecule has 0 aliphatic heterocycles. The maximum absolute atomic E-state index is 12.5. The first-order chi connectivity index (χ1) is 6.97. The first kappa shape index (κ1) is 11.8. The second-order valence-corrected chi connectivity index (χ2v) is 3.19. The fraction of sp³-hybridized carbons (Fsp3) is 0.333. The van der Waals surface area contributed by atoms with E-state index >= 15 is 0 Å². The molecular weight excluding hydrogens is 228 g/mol. The Labute approximate surface area is 89.7 Å². The van der Waals surface area contributed by atoms with Gasteiger partial charge in [0.05, 0.1) is 0 Å². The number of aryl methyl sites for hydroxylation is 1. The van der Waals surface area contributed by atoms with Gasteiger partial charge in [-0.3, -0.25) is 0 Å². The Balaban J connectivity index is 3.38. The SMILES string of the molecule is Cc1cc(C(=O)O)nc(C(F)F)c1CCl. The van der Waals surface area contributed by atoms with E-state index in [1.807, 2.05) is 0 Å². The molecule has 1 aromatic rings. The molecule has 0 atom stereocenters. The van der Waals surface area contributed by atoms with Crippen molar-refractivity contribution < 1.29 is 18.7 Å². The Kier molecular flexibility index (Phi) is 3.57. The molecule has 15 heavy (non-hydrogen) atoms. The normalized spacial score (nSPS) is 10.7. The van der Waals surface area contributed by atoms with E-state index in [-0.39, 0.29) is 11.4 Å². The molecule has 1 N–H and O–H groups in total. The second-order valence-electron chi connectivity index (χ2n) is 2.93. The van der Waals surface area contributed by atoms with Crippen molar-refractivity contribution in [2.24, 2.45) is 0 Å². The van der Waals surface area contributed by atoms with E-state index in [4.69, 9.17) is 16.7 Å². The molecule has 6 heteroatoms. The summed E-state index contributed by atoms with van der Waals surface area (Å²) < 4.78 is 25.0. The highest BCUT2D eigenvalue weighted by Gasteiger charge is 2.19. The lowest BCUT2D eigenvalue weighted by Gasteiger charge is -2.09. The predicted molar refractivity (Wildman–Crippen MR) is 50.4 cm³/mol. The van der Waals surface area contributed by atoms with Crippen LogP contribution in [0.4, 0.5) is 8.78 Å².